The van der Waals surface area contributed by atoms with Crippen molar-refractivity contribution in [1.29, 1.82) is 0 Å². The van der Waals surface area contributed by atoms with Crippen LogP contribution in [0.5, 0.6) is 0 Å². The average molecular weight is 236 g/mol. The number of rotatable bonds is 3. The highest BCUT2D eigenvalue weighted by Gasteiger charge is 2.55. The first-order chi connectivity index (χ1) is 7.81. The second-order valence-electron chi connectivity index (χ2n) is 5.16. The quantitative estimate of drug-likeness (QED) is 0.844. The van der Waals surface area contributed by atoms with Gasteiger partial charge in [-0.3, -0.25) is 0 Å². The minimum absolute atomic E-state index is 0.508. The Balaban J connectivity index is 1.81. The van der Waals surface area contributed by atoms with Crippen LogP contribution in [0.25, 0.3) is 0 Å². The molecule has 0 amide bonds. The number of nitrogens with one attached hydrogen (secondary N) is 1. The Bertz CT molecular complexity index is 380. The first kappa shape index (κ1) is 10.6. The summed E-state index contributed by atoms with van der Waals surface area (Å²) in [7, 11) is 2.07. The minimum Gasteiger partial charge on any atom is -0.313 e. The number of hydrogen-bond donors (Lipinski definition) is 1. The van der Waals surface area contributed by atoms with Gasteiger partial charge in [-0.15, -0.1) is 0 Å². The summed E-state index contributed by atoms with van der Waals surface area (Å²) < 4.78 is 0. The predicted molar refractivity (Wildman–Crippen MR) is 67.6 cm³/mol. The van der Waals surface area contributed by atoms with E-state index in [1.165, 1.54) is 24.8 Å². The van der Waals surface area contributed by atoms with Crippen LogP contribution in [0.3, 0.4) is 0 Å². The number of halogens is 1. The van der Waals surface area contributed by atoms with E-state index in [1.807, 2.05) is 6.07 Å². The third kappa shape index (κ3) is 1.66. The fourth-order valence-electron chi connectivity index (χ4n) is 3.65. The van der Waals surface area contributed by atoms with E-state index in [1.54, 1.807) is 0 Å². The molecule has 3 rings (SSSR count). The number of benzene rings is 1. The summed E-state index contributed by atoms with van der Waals surface area (Å²) in [5, 5.41) is 4.33. The topological polar surface area (TPSA) is 12.0 Å². The van der Waals surface area contributed by atoms with Crippen LogP contribution in [-0.4, -0.2) is 7.05 Å². The molecular formula is C14H18ClN. The van der Waals surface area contributed by atoms with Gasteiger partial charge in [-0.05, 0) is 55.3 Å². The molecule has 1 N–H and O–H groups in total. The second-order valence-corrected chi connectivity index (χ2v) is 5.59. The lowest BCUT2D eigenvalue weighted by atomic mass is 9.97. The molecule has 1 nitrogen and oxygen atoms in total. The molecule has 0 spiro atoms. The van der Waals surface area contributed by atoms with Crippen molar-refractivity contribution in [1.82, 2.24) is 5.32 Å². The van der Waals surface area contributed by atoms with E-state index in [2.05, 4.69) is 30.6 Å². The third-order valence-corrected chi connectivity index (χ3v) is 4.61. The molecule has 3 unspecified atom stereocenters. The maximum Gasteiger partial charge on any atom is 0.0409 e. The summed E-state index contributed by atoms with van der Waals surface area (Å²) in [6.45, 7) is 0. The lowest BCUT2D eigenvalue weighted by Crippen LogP contribution is -2.20. The summed E-state index contributed by atoms with van der Waals surface area (Å²) in [5.74, 6) is 2.82. The van der Waals surface area contributed by atoms with Crippen molar-refractivity contribution in [3.63, 3.8) is 0 Å². The molecule has 2 aliphatic rings. The van der Waals surface area contributed by atoms with Gasteiger partial charge in [0.15, 0.2) is 0 Å². The van der Waals surface area contributed by atoms with Gasteiger partial charge in [0.25, 0.3) is 0 Å². The molecule has 2 fully saturated rings. The minimum atomic E-state index is 0.508. The maximum absolute atomic E-state index is 6.06. The fourth-order valence-corrected chi connectivity index (χ4v) is 3.85. The van der Waals surface area contributed by atoms with E-state index in [-0.39, 0.29) is 0 Å². The molecule has 3 atom stereocenters. The van der Waals surface area contributed by atoms with Crippen molar-refractivity contribution in [3.05, 3.63) is 34.9 Å². The first-order valence-corrected chi connectivity index (χ1v) is 6.62. The van der Waals surface area contributed by atoms with Crippen LogP contribution in [0.4, 0.5) is 0 Å². The fraction of sp³-hybridized carbons (Fsp3) is 0.571. The molecule has 0 heterocycles. The van der Waals surface area contributed by atoms with E-state index >= 15 is 0 Å². The van der Waals surface area contributed by atoms with Gasteiger partial charge in [0.1, 0.15) is 0 Å². The summed E-state index contributed by atoms with van der Waals surface area (Å²) in [5.41, 5.74) is 1.36. The normalized spacial score (nSPS) is 33.5. The van der Waals surface area contributed by atoms with Crippen LogP contribution in [0, 0.1) is 17.8 Å². The Kier molecular flexibility index (Phi) is 2.68. The van der Waals surface area contributed by atoms with Gasteiger partial charge in [-0.1, -0.05) is 30.2 Å². The summed E-state index contributed by atoms with van der Waals surface area (Å²) >= 11 is 6.06. The van der Waals surface area contributed by atoms with E-state index in [4.69, 9.17) is 11.6 Å². The number of fused-ring (bicyclic) bond motifs is 1. The van der Waals surface area contributed by atoms with Crippen LogP contribution >= 0.6 is 11.6 Å². The van der Waals surface area contributed by atoms with E-state index in [0.717, 1.165) is 22.8 Å². The van der Waals surface area contributed by atoms with Crippen molar-refractivity contribution in [2.75, 3.05) is 7.05 Å². The molecular weight excluding hydrogens is 218 g/mol. The SMILES string of the molecule is CNC(c1cccc(Cl)c1)C1C2CCCC21. The first-order valence-electron chi connectivity index (χ1n) is 6.24. The average Bonchev–Trinajstić information content (AvgIpc) is 2.74. The zero-order valence-corrected chi connectivity index (χ0v) is 10.4. The molecule has 16 heavy (non-hydrogen) atoms. The zero-order valence-electron chi connectivity index (χ0n) is 9.62. The lowest BCUT2D eigenvalue weighted by molar-refractivity contribution is 0.444. The van der Waals surface area contributed by atoms with Crippen molar-refractivity contribution in [2.24, 2.45) is 17.8 Å². The maximum atomic E-state index is 6.06. The Labute approximate surface area is 102 Å². The van der Waals surface area contributed by atoms with Gasteiger partial charge in [-0.25, -0.2) is 0 Å². The molecule has 0 radical (unpaired) electrons. The standard InChI is InChI=1S/C14H18ClN/c1-16-14(9-4-2-5-10(15)8-9)13-11-6-3-7-12(11)13/h2,4-5,8,11-14,16H,3,6-7H2,1H3. The zero-order chi connectivity index (χ0) is 11.1. The summed E-state index contributed by atoms with van der Waals surface area (Å²) in [4.78, 5) is 0. The van der Waals surface area contributed by atoms with E-state index < -0.39 is 0 Å². The molecule has 0 aromatic heterocycles. The van der Waals surface area contributed by atoms with E-state index in [9.17, 15) is 0 Å². The molecule has 0 bridgehead atoms. The van der Waals surface area contributed by atoms with Gasteiger partial charge in [0, 0.05) is 11.1 Å². The van der Waals surface area contributed by atoms with Gasteiger partial charge >= 0.3 is 0 Å². The summed E-state index contributed by atoms with van der Waals surface area (Å²) in [6, 6.07) is 8.82. The van der Waals surface area contributed by atoms with Crippen molar-refractivity contribution in [3.8, 4) is 0 Å². The molecule has 86 valence electrons. The smallest absolute Gasteiger partial charge is 0.0409 e. The summed E-state index contributed by atoms with van der Waals surface area (Å²) in [6.07, 6.45) is 4.32. The number of hydrogen-bond acceptors (Lipinski definition) is 1. The molecule has 1 aromatic rings. The molecule has 2 aliphatic carbocycles. The molecule has 0 saturated heterocycles. The second kappa shape index (κ2) is 4.05. The Morgan fingerprint density at radius 1 is 1.31 bits per heavy atom. The Hall–Kier alpha value is -0.530. The van der Waals surface area contributed by atoms with Gasteiger partial charge < -0.3 is 5.32 Å². The van der Waals surface area contributed by atoms with Crippen LogP contribution in [0.15, 0.2) is 24.3 Å². The van der Waals surface area contributed by atoms with Crippen LogP contribution in [0.2, 0.25) is 5.02 Å². The van der Waals surface area contributed by atoms with Crippen LogP contribution in [-0.2, 0) is 0 Å². The van der Waals surface area contributed by atoms with Crippen molar-refractivity contribution < 1.29 is 0 Å². The molecule has 2 heteroatoms. The predicted octanol–water partition coefficient (Wildman–Crippen LogP) is 3.65. The molecule has 1 aromatic carbocycles. The molecule has 2 saturated carbocycles. The molecule has 0 aliphatic heterocycles. The monoisotopic (exact) mass is 235 g/mol. The van der Waals surface area contributed by atoms with Crippen LogP contribution < -0.4 is 5.32 Å². The largest absolute Gasteiger partial charge is 0.313 e. The van der Waals surface area contributed by atoms with Crippen molar-refractivity contribution >= 4 is 11.6 Å². The highest BCUT2D eigenvalue weighted by Crippen LogP contribution is 2.62. The third-order valence-electron chi connectivity index (χ3n) is 4.38. The highest BCUT2D eigenvalue weighted by molar-refractivity contribution is 6.30. The van der Waals surface area contributed by atoms with Gasteiger partial charge in [-0.2, -0.15) is 0 Å². The Morgan fingerprint density at radius 3 is 2.69 bits per heavy atom. The van der Waals surface area contributed by atoms with E-state index in [0.29, 0.717) is 6.04 Å². The van der Waals surface area contributed by atoms with Gasteiger partial charge in [0.05, 0.1) is 0 Å². The van der Waals surface area contributed by atoms with Gasteiger partial charge in [0.2, 0.25) is 0 Å². The lowest BCUT2D eigenvalue weighted by Gasteiger charge is -2.18. The highest BCUT2D eigenvalue weighted by atomic mass is 35.5. The Morgan fingerprint density at radius 2 is 2.06 bits per heavy atom. The van der Waals surface area contributed by atoms with Crippen LogP contribution in [0.1, 0.15) is 30.9 Å². The van der Waals surface area contributed by atoms with Crippen molar-refractivity contribution in [2.45, 2.75) is 25.3 Å².